The predicted octanol–water partition coefficient (Wildman–Crippen LogP) is 0.761. The molecule has 0 aromatic heterocycles. The molecule has 2 N–H and O–H groups in total. The van der Waals surface area contributed by atoms with Crippen LogP contribution in [0.15, 0.2) is 0 Å². The molecule has 1 rings (SSSR count). The van der Waals surface area contributed by atoms with Crippen molar-refractivity contribution in [1.82, 2.24) is 10.2 Å². The number of ether oxygens (including phenoxy) is 1. The summed E-state index contributed by atoms with van der Waals surface area (Å²) >= 11 is 0. The second kappa shape index (κ2) is 5.25. The number of nitrogens with one attached hydrogen (secondary N) is 1. The van der Waals surface area contributed by atoms with E-state index in [1.165, 1.54) is 0 Å². The molecule has 0 aromatic carbocycles. The maximum Gasteiger partial charge on any atom is 0.216 e. The molecule has 15 heavy (non-hydrogen) atoms. The Labute approximate surface area is 92.6 Å². The van der Waals surface area contributed by atoms with Crippen LogP contribution in [0.5, 0.6) is 0 Å². The van der Waals surface area contributed by atoms with Crippen LogP contribution < -0.4 is 5.32 Å². The lowest BCUT2D eigenvalue weighted by Crippen LogP contribution is -2.47. The topological polar surface area (TPSA) is 44.7 Å². The molecule has 0 aliphatic carbocycles. The number of nitrogens with zero attached hydrogens (tertiary/aromatic N) is 1. The smallest absolute Gasteiger partial charge is 0.216 e. The zero-order valence-corrected chi connectivity index (χ0v) is 10.3. The first kappa shape index (κ1) is 12.9. The van der Waals surface area contributed by atoms with Crippen LogP contribution in [0, 0.1) is 0 Å². The standard InChI is InChI=1S/C11H24N2O2/c1-11(2,3)15-10(14)13-7-5-6-9(13)8-12-4/h9-10,12,14H,5-8H2,1-4H3/t9-,10?/m0/s1. The summed E-state index contributed by atoms with van der Waals surface area (Å²) in [6, 6.07) is 0.396. The van der Waals surface area contributed by atoms with Crippen LogP contribution in [-0.4, -0.2) is 48.2 Å². The lowest BCUT2D eigenvalue weighted by atomic mass is 10.2. The maximum atomic E-state index is 9.96. The van der Waals surface area contributed by atoms with Gasteiger partial charge in [-0.3, -0.25) is 4.90 Å². The van der Waals surface area contributed by atoms with Crippen molar-refractivity contribution in [3.8, 4) is 0 Å². The van der Waals surface area contributed by atoms with Gasteiger partial charge in [-0.05, 0) is 40.7 Å². The van der Waals surface area contributed by atoms with E-state index in [0.29, 0.717) is 6.04 Å². The molecule has 1 saturated heterocycles. The molecule has 2 atom stereocenters. The number of likely N-dealkylation sites (tertiary alicyclic amines) is 1. The highest BCUT2D eigenvalue weighted by molar-refractivity contribution is 4.80. The maximum absolute atomic E-state index is 9.96. The Balaban J connectivity index is 2.47. The number of aliphatic hydroxyl groups is 1. The lowest BCUT2D eigenvalue weighted by Gasteiger charge is -2.33. The van der Waals surface area contributed by atoms with E-state index in [2.05, 4.69) is 5.32 Å². The van der Waals surface area contributed by atoms with E-state index in [4.69, 9.17) is 4.74 Å². The molecule has 0 bridgehead atoms. The molecular weight excluding hydrogens is 192 g/mol. The molecule has 0 spiro atoms. The minimum Gasteiger partial charge on any atom is -0.356 e. The summed E-state index contributed by atoms with van der Waals surface area (Å²) in [6.45, 7) is 7.70. The van der Waals surface area contributed by atoms with Crippen LogP contribution >= 0.6 is 0 Å². The van der Waals surface area contributed by atoms with E-state index in [-0.39, 0.29) is 5.60 Å². The van der Waals surface area contributed by atoms with Crippen molar-refractivity contribution in [3.05, 3.63) is 0 Å². The van der Waals surface area contributed by atoms with Crippen LogP contribution in [0.25, 0.3) is 0 Å². The highest BCUT2D eigenvalue weighted by atomic mass is 16.6. The average molecular weight is 216 g/mol. The largest absolute Gasteiger partial charge is 0.356 e. The normalized spacial score (nSPS) is 25.8. The van der Waals surface area contributed by atoms with Gasteiger partial charge in [0.2, 0.25) is 6.41 Å². The van der Waals surface area contributed by atoms with Gasteiger partial charge in [-0.15, -0.1) is 0 Å². The Morgan fingerprint density at radius 2 is 2.20 bits per heavy atom. The summed E-state index contributed by atoms with van der Waals surface area (Å²) in [6.07, 6.45) is 1.49. The van der Waals surface area contributed by atoms with Crippen LogP contribution in [0.4, 0.5) is 0 Å². The van der Waals surface area contributed by atoms with Crippen molar-refractivity contribution in [3.63, 3.8) is 0 Å². The number of hydrogen-bond donors (Lipinski definition) is 2. The third-order valence-electron chi connectivity index (χ3n) is 2.61. The Bertz CT molecular complexity index is 192. The number of aliphatic hydroxyl groups excluding tert-OH is 1. The highest BCUT2D eigenvalue weighted by Gasteiger charge is 2.31. The van der Waals surface area contributed by atoms with E-state index in [1.54, 1.807) is 0 Å². The second-order valence-corrected chi connectivity index (χ2v) is 5.15. The predicted molar refractivity (Wildman–Crippen MR) is 60.5 cm³/mol. The Morgan fingerprint density at radius 3 is 2.73 bits per heavy atom. The van der Waals surface area contributed by atoms with Crippen molar-refractivity contribution < 1.29 is 9.84 Å². The third-order valence-corrected chi connectivity index (χ3v) is 2.61. The Hall–Kier alpha value is -0.160. The first-order chi connectivity index (χ1) is 6.94. The van der Waals surface area contributed by atoms with E-state index < -0.39 is 6.41 Å². The van der Waals surface area contributed by atoms with Crippen molar-refractivity contribution in [2.24, 2.45) is 0 Å². The zero-order chi connectivity index (χ0) is 11.5. The zero-order valence-electron chi connectivity index (χ0n) is 10.3. The van der Waals surface area contributed by atoms with Crippen molar-refractivity contribution in [2.45, 2.75) is 51.7 Å². The minimum absolute atomic E-state index is 0.299. The fourth-order valence-corrected chi connectivity index (χ4v) is 1.99. The number of hydrogen-bond acceptors (Lipinski definition) is 4. The molecule has 0 amide bonds. The van der Waals surface area contributed by atoms with Gasteiger partial charge in [0.1, 0.15) is 0 Å². The number of rotatable bonds is 4. The van der Waals surface area contributed by atoms with Gasteiger partial charge in [-0.1, -0.05) is 0 Å². The van der Waals surface area contributed by atoms with Crippen molar-refractivity contribution in [2.75, 3.05) is 20.1 Å². The minimum atomic E-state index is -0.772. The Morgan fingerprint density at radius 1 is 1.53 bits per heavy atom. The second-order valence-electron chi connectivity index (χ2n) is 5.15. The molecule has 1 unspecified atom stereocenters. The molecule has 90 valence electrons. The summed E-state index contributed by atoms with van der Waals surface area (Å²) in [5, 5.41) is 13.1. The molecule has 4 heteroatoms. The Kier molecular flexibility index (Phi) is 4.52. The van der Waals surface area contributed by atoms with Gasteiger partial charge >= 0.3 is 0 Å². The van der Waals surface area contributed by atoms with E-state index in [1.807, 2.05) is 32.7 Å². The molecule has 1 heterocycles. The van der Waals surface area contributed by atoms with E-state index >= 15 is 0 Å². The lowest BCUT2D eigenvalue weighted by molar-refractivity contribution is -0.241. The third kappa shape index (κ3) is 4.07. The van der Waals surface area contributed by atoms with Crippen LogP contribution in [-0.2, 0) is 4.74 Å². The van der Waals surface area contributed by atoms with Crippen LogP contribution in [0.3, 0.4) is 0 Å². The molecular formula is C11H24N2O2. The highest BCUT2D eigenvalue weighted by Crippen LogP contribution is 2.21. The van der Waals surface area contributed by atoms with Crippen LogP contribution in [0.2, 0.25) is 0 Å². The van der Waals surface area contributed by atoms with Gasteiger partial charge in [0.15, 0.2) is 0 Å². The van der Waals surface area contributed by atoms with Crippen molar-refractivity contribution >= 4 is 0 Å². The van der Waals surface area contributed by atoms with Gasteiger partial charge in [0, 0.05) is 19.1 Å². The van der Waals surface area contributed by atoms with E-state index in [9.17, 15) is 5.11 Å². The first-order valence-corrected chi connectivity index (χ1v) is 5.70. The fourth-order valence-electron chi connectivity index (χ4n) is 1.99. The summed E-state index contributed by atoms with van der Waals surface area (Å²) in [7, 11) is 1.94. The van der Waals surface area contributed by atoms with Crippen LogP contribution in [0.1, 0.15) is 33.6 Å². The van der Waals surface area contributed by atoms with Gasteiger partial charge in [-0.25, -0.2) is 0 Å². The van der Waals surface area contributed by atoms with Gasteiger partial charge < -0.3 is 15.2 Å². The molecule has 0 saturated carbocycles. The summed E-state index contributed by atoms with van der Waals surface area (Å²) in [5.41, 5.74) is -0.299. The average Bonchev–Trinajstić information content (AvgIpc) is 2.49. The monoisotopic (exact) mass is 216 g/mol. The molecule has 1 fully saturated rings. The fraction of sp³-hybridized carbons (Fsp3) is 1.00. The summed E-state index contributed by atoms with van der Waals surface area (Å²) in [4.78, 5) is 2.03. The quantitative estimate of drug-likeness (QED) is 0.681. The number of likely N-dealkylation sites (N-methyl/N-ethyl adjacent to an activating group) is 1. The molecule has 1 aliphatic rings. The summed E-state index contributed by atoms with van der Waals surface area (Å²) < 4.78 is 5.55. The molecule has 0 radical (unpaired) electrons. The van der Waals surface area contributed by atoms with Gasteiger partial charge in [-0.2, -0.15) is 0 Å². The van der Waals surface area contributed by atoms with E-state index in [0.717, 1.165) is 25.9 Å². The van der Waals surface area contributed by atoms with Crippen molar-refractivity contribution in [1.29, 1.82) is 0 Å². The SMILES string of the molecule is CNC[C@@H]1CCCN1C(O)OC(C)(C)C. The van der Waals surface area contributed by atoms with Gasteiger partial charge in [0.25, 0.3) is 0 Å². The summed E-state index contributed by atoms with van der Waals surface area (Å²) in [5.74, 6) is 0. The van der Waals surface area contributed by atoms with Gasteiger partial charge in [0.05, 0.1) is 5.60 Å². The molecule has 4 nitrogen and oxygen atoms in total. The first-order valence-electron chi connectivity index (χ1n) is 5.70. The molecule has 1 aliphatic heterocycles. The molecule has 0 aromatic rings.